The van der Waals surface area contributed by atoms with E-state index in [1.165, 1.54) is 5.56 Å². The fourth-order valence-corrected chi connectivity index (χ4v) is 7.85. The van der Waals surface area contributed by atoms with Crippen LogP contribution in [0.3, 0.4) is 0 Å². The summed E-state index contributed by atoms with van der Waals surface area (Å²) in [5.74, 6) is 2.54. The molecule has 8 nitrogen and oxygen atoms in total. The Bertz CT molecular complexity index is 1620. The Balaban J connectivity index is 1.10. The summed E-state index contributed by atoms with van der Waals surface area (Å²) in [5.41, 5.74) is 5.25. The lowest BCUT2D eigenvalue weighted by Crippen LogP contribution is -2.42. The van der Waals surface area contributed by atoms with E-state index in [1.807, 2.05) is 25.1 Å². The van der Waals surface area contributed by atoms with Crippen molar-refractivity contribution in [2.75, 3.05) is 64.6 Å². The summed E-state index contributed by atoms with van der Waals surface area (Å²) in [6, 6.07) is 25.6. The van der Waals surface area contributed by atoms with Crippen molar-refractivity contribution >= 4 is 34.7 Å². The Morgan fingerprint density at radius 1 is 1.02 bits per heavy atom. The fourth-order valence-electron chi connectivity index (χ4n) is 7.34. The molecule has 0 radical (unpaired) electrons. The smallest absolute Gasteiger partial charge is 0.257 e. The van der Waals surface area contributed by atoms with Crippen LogP contribution in [-0.2, 0) is 22.4 Å². The van der Waals surface area contributed by atoms with Gasteiger partial charge in [-0.2, -0.15) is 11.8 Å². The van der Waals surface area contributed by atoms with Crippen molar-refractivity contribution in [3.63, 3.8) is 0 Å². The number of carbonyl (C=O) groups excluding carboxylic acids is 1. The van der Waals surface area contributed by atoms with E-state index in [0.717, 1.165) is 93.2 Å². The Kier molecular flexibility index (Phi) is 11.1. The highest BCUT2D eigenvalue weighted by Crippen LogP contribution is 2.39. The van der Waals surface area contributed by atoms with Crippen LogP contribution < -0.4 is 10.1 Å². The maximum absolute atomic E-state index is 14.0. The van der Waals surface area contributed by atoms with Gasteiger partial charge in [0.2, 0.25) is 5.95 Å². The molecule has 0 aliphatic carbocycles. The van der Waals surface area contributed by atoms with Gasteiger partial charge in [0.1, 0.15) is 5.75 Å². The molecular formula is C38H49N5O3S. The average Bonchev–Trinajstić information content (AvgIpc) is 3.71. The third-order valence-corrected chi connectivity index (χ3v) is 10.6. The molecule has 1 amide bonds. The van der Waals surface area contributed by atoms with Crippen molar-refractivity contribution in [2.24, 2.45) is 0 Å². The number of hydrogen-bond acceptors (Lipinski definition) is 7. The number of fused-ring (bicyclic) bond motifs is 1. The SMILES string of the molecule is CCOCCn1c(NC2CCN(CCC3(c4ccccc4)CCN(C(=O)c4cc(CSC)ccc4OC)C3)CC2)nc2ccccc21. The number of carbonyl (C=O) groups is 1. The summed E-state index contributed by atoms with van der Waals surface area (Å²) in [6.07, 6.45) is 6.22. The molecule has 0 spiro atoms. The van der Waals surface area contributed by atoms with Crippen LogP contribution >= 0.6 is 11.8 Å². The van der Waals surface area contributed by atoms with Gasteiger partial charge < -0.3 is 29.2 Å². The van der Waals surface area contributed by atoms with E-state index in [2.05, 4.69) is 80.5 Å². The third kappa shape index (κ3) is 7.63. The van der Waals surface area contributed by atoms with Crippen molar-refractivity contribution in [1.82, 2.24) is 19.4 Å². The molecule has 2 aliphatic heterocycles. The number of anilines is 1. The number of methoxy groups -OCH3 is 1. The van der Waals surface area contributed by atoms with E-state index in [9.17, 15) is 4.79 Å². The molecule has 2 fully saturated rings. The van der Waals surface area contributed by atoms with Crippen LogP contribution in [0, 0.1) is 0 Å². The van der Waals surface area contributed by atoms with Gasteiger partial charge in [-0.15, -0.1) is 0 Å². The second kappa shape index (κ2) is 15.6. The maximum Gasteiger partial charge on any atom is 0.257 e. The zero-order valence-corrected chi connectivity index (χ0v) is 28.9. The summed E-state index contributed by atoms with van der Waals surface area (Å²) >= 11 is 1.76. The summed E-state index contributed by atoms with van der Waals surface area (Å²) < 4.78 is 13.6. The van der Waals surface area contributed by atoms with E-state index in [-0.39, 0.29) is 11.3 Å². The second-order valence-corrected chi connectivity index (χ2v) is 13.7. The fraction of sp³-hybridized carbons (Fsp3) is 0.474. The molecule has 6 rings (SSSR count). The van der Waals surface area contributed by atoms with E-state index < -0.39 is 0 Å². The van der Waals surface area contributed by atoms with Crippen LogP contribution in [0.2, 0.25) is 0 Å². The summed E-state index contributed by atoms with van der Waals surface area (Å²) in [5, 5.41) is 3.79. The van der Waals surface area contributed by atoms with Crippen LogP contribution in [0.1, 0.15) is 54.1 Å². The normalized spacial score (nSPS) is 19.0. The standard InChI is InChI=1S/C38H49N5O3S/c1-4-46-25-24-43-34-13-9-8-12-33(34)40-37(43)39-31-16-20-41(21-17-31)22-18-38(30-10-6-5-7-11-30)19-23-42(28-38)36(44)32-26-29(27-47-3)14-15-35(32)45-2/h5-15,26,31H,4,16-25,27-28H2,1-3H3,(H,39,40). The van der Waals surface area contributed by atoms with Crippen molar-refractivity contribution in [3.8, 4) is 5.75 Å². The van der Waals surface area contributed by atoms with Gasteiger partial charge in [-0.3, -0.25) is 4.79 Å². The number of amides is 1. The predicted molar refractivity (Wildman–Crippen MR) is 193 cm³/mol. The quantitative estimate of drug-likeness (QED) is 0.152. The Labute approximate surface area is 283 Å². The first-order chi connectivity index (χ1) is 23.0. The molecule has 1 N–H and O–H groups in total. The molecule has 0 saturated carbocycles. The number of hydrogen-bond donors (Lipinski definition) is 1. The maximum atomic E-state index is 14.0. The Morgan fingerprint density at radius 2 is 1.81 bits per heavy atom. The van der Waals surface area contributed by atoms with Gasteiger partial charge >= 0.3 is 0 Å². The lowest BCUT2D eigenvalue weighted by atomic mass is 9.76. The number of nitrogens with zero attached hydrogens (tertiary/aromatic N) is 4. The highest BCUT2D eigenvalue weighted by Gasteiger charge is 2.42. The molecule has 4 aromatic rings. The van der Waals surface area contributed by atoms with E-state index in [4.69, 9.17) is 14.5 Å². The van der Waals surface area contributed by atoms with Gasteiger partial charge in [-0.05, 0) is 80.8 Å². The third-order valence-electron chi connectivity index (χ3n) is 9.98. The van der Waals surface area contributed by atoms with Gasteiger partial charge in [-0.1, -0.05) is 48.5 Å². The highest BCUT2D eigenvalue weighted by atomic mass is 32.2. The van der Waals surface area contributed by atoms with Crippen LogP contribution in [0.4, 0.5) is 5.95 Å². The molecule has 2 saturated heterocycles. The number of rotatable bonds is 14. The summed E-state index contributed by atoms with van der Waals surface area (Å²) in [6.45, 7) is 8.79. The number of nitrogens with one attached hydrogen (secondary N) is 1. The summed E-state index contributed by atoms with van der Waals surface area (Å²) in [7, 11) is 1.65. The molecule has 3 aromatic carbocycles. The number of para-hydroxylation sites is 2. The Hall–Kier alpha value is -3.53. The molecule has 9 heteroatoms. The van der Waals surface area contributed by atoms with Crippen molar-refractivity contribution < 1.29 is 14.3 Å². The van der Waals surface area contributed by atoms with Crippen molar-refractivity contribution in [3.05, 3.63) is 89.5 Å². The Morgan fingerprint density at radius 3 is 2.57 bits per heavy atom. The summed E-state index contributed by atoms with van der Waals surface area (Å²) in [4.78, 5) is 23.6. The lowest BCUT2D eigenvalue weighted by molar-refractivity contribution is 0.0776. The molecule has 2 aliphatic rings. The van der Waals surface area contributed by atoms with E-state index in [1.54, 1.807) is 18.9 Å². The van der Waals surface area contributed by atoms with Crippen LogP contribution in [0.5, 0.6) is 5.75 Å². The van der Waals surface area contributed by atoms with E-state index in [0.29, 0.717) is 30.6 Å². The zero-order valence-electron chi connectivity index (χ0n) is 28.1. The molecule has 3 heterocycles. The molecule has 1 atom stereocenters. The zero-order chi connectivity index (χ0) is 32.6. The number of ether oxygens (including phenoxy) is 2. The molecule has 250 valence electrons. The van der Waals surface area contributed by atoms with Crippen LogP contribution in [0.15, 0.2) is 72.8 Å². The molecule has 0 bridgehead atoms. The number of aromatic nitrogens is 2. The van der Waals surface area contributed by atoms with Crippen LogP contribution in [-0.4, -0.2) is 90.6 Å². The number of likely N-dealkylation sites (tertiary alicyclic amines) is 2. The van der Waals surface area contributed by atoms with Gasteiger partial charge in [0.05, 0.1) is 30.3 Å². The number of benzene rings is 3. The number of imidazole rings is 1. The average molecular weight is 656 g/mol. The van der Waals surface area contributed by atoms with Gasteiger partial charge in [0.25, 0.3) is 5.91 Å². The minimum Gasteiger partial charge on any atom is -0.496 e. The minimum absolute atomic E-state index is 0.0679. The first-order valence-electron chi connectivity index (χ1n) is 17.1. The molecule has 1 unspecified atom stereocenters. The van der Waals surface area contributed by atoms with Crippen LogP contribution in [0.25, 0.3) is 11.0 Å². The number of piperidine rings is 1. The highest BCUT2D eigenvalue weighted by molar-refractivity contribution is 7.97. The topological polar surface area (TPSA) is 71.9 Å². The van der Waals surface area contributed by atoms with Crippen molar-refractivity contribution in [1.29, 1.82) is 0 Å². The van der Waals surface area contributed by atoms with Gasteiger partial charge in [0, 0.05) is 56.5 Å². The number of thioether (sulfide) groups is 1. The first kappa shape index (κ1) is 33.4. The largest absolute Gasteiger partial charge is 0.496 e. The van der Waals surface area contributed by atoms with Gasteiger partial charge in [0.15, 0.2) is 0 Å². The van der Waals surface area contributed by atoms with Crippen molar-refractivity contribution in [2.45, 2.75) is 56.4 Å². The molecule has 1 aromatic heterocycles. The second-order valence-electron chi connectivity index (χ2n) is 12.9. The van der Waals surface area contributed by atoms with E-state index >= 15 is 0 Å². The van der Waals surface area contributed by atoms with Gasteiger partial charge in [-0.25, -0.2) is 4.98 Å². The predicted octanol–water partition coefficient (Wildman–Crippen LogP) is 6.69. The minimum atomic E-state index is -0.0679. The first-order valence-corrected chi connectivity index (χ1v) is 18.5. The monoisotopic (exact) mass is 655 g/mol. The lowest BCUT2D eigenvalue weighted by Gasteiger charge is -2.36. The molecule has 47 heavy (non-hydrogen) atoms. The molecular weight excluding hydrogens is 607 g/mol.